The average molecular weight is 379 g/mol. The Morgan fingerprint density at radius 1 is 1.25 bits per heavy atom. The maximum absolute atomic E-state index is 6.07. The number of hydrogen-bond acceptors (Lipinski definition) is 3. The van der Waals surface area contributed by atoms with E-state index < -0.39 is 0 Å². The zero-order chi connectivity index (χ0) is 20.9. The van der Waals surface area contributed by atoms with Gasteiger partial charge in [0.15, 0.2) is 11.6 Å². The first-order valence-electron chi connectivity index (χ1n) is 9.37. The minimum absolute atomic E-state index is 0.352. The fourth-order valence-electron chi connectivity index (χ4n) is 2.81. The second kappa shape index (κ2) is 8.79. The predicted molar refractivity (Wildman–Crippen MR) is 118 cm³/mol. The highest BCUT2D eigenvalue weighted by atomic mass is 16.5. The van der Waals surface area contributed by atoms with Crippen LogP contribution in [0.25, 0.3) is 22.7 Å². The van der Waals surface area contributed by atoms with Crippen LogP contribution < -0.4 is 0 Å². The van der Waals surface area contributed by atoms with E-state index >= 15 is 0 Å². The van der Waals surface area contributed by atoms with E-state index in [1.165, 1.54) is 0 Å². The van der Waals surface area contributed by atoms with Gasteiger partial charge in [-0.25, -0.2) is 4.98 Å². The lowest BCUT2D eigenvalue weighted by Crippen LogP contribution is -2.18. The second-order valence-electron chi connectivity index (χ2n) is 7.42. The van der Waals surface area contributed by atoms with Gasteiger partial charge in [-0.05, 0) is 65.3 Å². The van der Waals surface area contributed by atoms with E-state index in [1.807, 2.05) is 78.0 Å². The number of ether oxygens (including phenoxy) is 1. The number of rotatable bonds is 7. The molecule has 1 N–H and O–H groups in total. The standard InChI is InChI=1S/C24H30N2O2/c1-9-12-18(11-3)22-16(4)25-23(26-22)21-15-14-20(27-21)19(13-10-2)17(5)28-24(6,7)8/h9-15H,2,5H2,1,3-4,6-8H3,(H,25,26)/b12-9-,18-11+,19-13+. The summed E-state index contributed by atoms with van der Waals surface area (Å²) >= 11 is 0. The van der Waals surface area contributed by atoms with Gasteiger partial charge in [0.05, 0.1) is 11.3 Å². The molecule has 0 fully saturated rings. The molecule has 0 spiro atoms. The van der Waals surface area contributed by atoms with E-state index in [0.717, 1.165) is 22.5 Å². The molecule has 0 aromatic carbocycles. The largest absolute Gasteiger partial charge is 0.488 e. The Morgan fingerprint density at radius 2 is 1.96 bits per heavy atom. The third-order valence-electron chi connectivity index (χ3n) is 3.93. The molecule has 28 heavy (non-hydrogen) atoms. The average Bonchev–Trinajstić information content (AvgIpc) is 3.23. The summed E-state index contributed by atoms with van der Waals surface area (Å²) in [5.41, 5.74) is 3.36. The lowest BCUT2D eigenvalue weighted by atomic mass is 10.1. The number of allylic oxidation sites excluding steroid dienone is 7. The molecule has 0 saturated carbocycles. The highest BCUT2D eigenvalue weighted by Crippen LogP contribution is 2.31. The molecule has 0 amide bonds. The third-order valence-corrected chi connectivity index (χ3v) is 3.93. The first-order chi connectivity index (χ1) is 13.2. The van der Waals surface area contributed by atoms with Crippen LogP contribution >= 0.6 is 0 Å². The van der Waals surface area contributed by atoms with Gasteiger partial charge in [0.2, 0.25) is 0 Å². The van der Waals surface area contributed by atoms with Gasteiger partial charge in [0, 0.05) is 5.69 Å². The number of hydrogen-bond donors (Lipinski definition) is 1. The molecule has 0 aliphatic rings. The van der Waals surface area contributed by atoms with Crippen molar-refractivity contribution in [3.8, 4) is 11.6 Å². The summed E-state index contributed by atoms with van der Waals surface area (Å²) in [4.78, 5) is 8.04. The predicted octanol–water partition coefficient (Wildman–Crippen LogP) is 6.86. The van der Waals surface area contributed by atoms with Crippen molar-refractivity contribution in [2.75, 3.05) is 0 Å². The first-order valence-corrected chi connectivity index (χ1v) is 9.37. The molecule has 148 valence electrons. The Kier molecular flexibility index (Phi) is 6.68. The molecule has 4 nitrogen and oxygen atoms in total. The van der Waals surface area contributed by atoms with Crippen molar-refractivity contribution in [3.63, 3.8) is 0 Å². The Bertz CT molecular complexity index is 944. The van der Waals surface area contributed by atoms with Gasteiger partial charge < -0.3 is 14.1 Å². The SMILES string of the molecule is C=C/C=C(\C(=C)OC(C)(C)C)c1ccc(-c2nc(C(/C=C\C)=C/C)c(C)[nH]2)o1. The van der Waals surface area contributed by atoms with Gasteiger partial charge in [0.1, 0.15) is 17.1 Å². The van der Waals surface area contributed by atoms with Crippen LogP contribution in [0, 0.1) is 6.92 Å². The molecule has 0 bridgehead atoms. The topological polar surface area (TPSA) is 51.0 Å². The van der Waals surface area contributed by atoms with Gasteiger partial charge in [-0.15, -0.1) is 0 Å². The summed E-state index contributed by atoms with van der Waals surface area (Å²) < 4.78 is 12.0. The number of aryl methyl sites for hydroxylation is 1. The molecule has 2 aromatic rings. The molecule has 0 aliphatic heterocycles. The monoisotopic (exact) mass is 378 g/mol. The molecule has 0 unspecified atom stereocenters. The first kappa shape index (κ1) is 21.3. The summed E-state index contributed by atoms with van der Waals surface area (Å²) in [6, 6.07) is 3.78. The fourth-order valence-corrected chi connectivity index (χ4v) is 2.81. The van der Waals surface area contributed by atoms with Crippen LogP contribution in [-0.4, -0.2) is 15.6 Å². The Hall–Kier alpha value is -3.01. The van der Waals surface area contributed by atoms with Crippen molar-refractivity contribution in [2.24, 2.45) is 0 Å². The Labute approximate surface area is 168 Å². The molecule has 4 heteroatoms. The van der Waals surface area contributed by atoms with Crippen LogP contribution in [-0.2, 0) is 4.74 Å². The van der Waals surface area contributed by atoms with Crippen LogP contribution in [0.15, 0.2) is 65.8 Å². The van der Waals surface area contributed by atoms with Crippen molar-refractivity contribution in [2.45, 2.75) is 47.1 Å². The molecule has 2 heterocycles. The van der Waals surface area contributed by atoms with E-state index in [-0.39, 0.29) is 5.60 Å². The summed E-state index contributed by atoms with van der Waals surface area (Å²) in [6.45, 7) is 19.8. The van der Waals surface area contributed by atoms with E-state index in [0.29, 0.717) is 23.1 Å². The smallest absolute Gasteiger partial charge is 0.174 e. The van der Waals surface area contributed by atoms with E-state index in [9.17, 15) is 0 Å². The molecule has 2 rings (SSSR count). The van der Waals surface area contributed by atoms with Gasteiger partial charge in [-0.1, -0.05) is 37.5 Å². The van der Waals surface area contributed by atoms with E-state index in [1.54, 1.807) is 6.08 Å². The van der Waals surface area contributed by atoms with Gasteiger partial charge in [-0.3, -0.25) is 0 Å². The fraction of sp³-hybridized carbons (Fsp3) is 0.292. The van der Waals surface area contributed by atoms with Crippen LogP contribution in [0.3, 0.4) is 0 Å². The number of H-pyrrole nitrogens is 1. The quantitative estimate of drug-likeness (QED) is 0.423. The number of aromatic amines is 1. The van der Waals surface area contributed by atoms with Crippen molar-refractivity contribution < 1.29 is 9.15 Å². The second-order valence-corrected chi connectivity index (χ2v) is 7.42. The zero-order valence-corrected chi connectivity index (χ0v) is 17.7. The van der Waals surface area contributed by atoms with Crippen molar-refractivity contribution in [3.05, 3.63) is 78.6 Å². The van der Waals surface area contributed by atoms with Crippen LogP contribution in [0.2, 0.25) is 0 Å². The molecule has 0 radical (unpaired) electrons. The lowest BCUT2D eigenvalue weighted by Gasteiger charge is -2.23. The Morgan fingerprint density at radius 3 is 2.54 bits per heavy atom. The van der Waals surface area contributed by atoms with Crippen LogP contribution in [0.5, 0.6) is 0 Å². The molecular weight excluding hydrogens is 348 g/mol. The Balaban J connectivity index is 2.39. The maximum Gasteiger partial charge on any atom is 0.174 e. The third kappa shape index (κ3) is 5.03. The summed E-state index contributed by atoms with van der Waals surface area (Å²) in [5.74, 6) is 2.52. The normalized spacial score (nSPS) is 13.2. The lowest BCUT2D eigenvalue weighted by molar-refractivity contribution is 0.0628. The molecule has 2 aromatic heterocycles. The summed E-state index contributed by atoms with van der Waals surface area (Å²) in [6.07, 6.45) is 9.61. The molecule has 0 atom stereocenters. The van der Waals surface area contributed by atoms with Crippen molar-refractivity contribution in [1.82, 2.24) is 9.97 Å². The molecular formula is C24H30N2O2. The summed E-state index contributed by atoms with van der Waals surface area (Å²) in [7, 11) is 0. The molecule has 0 saturated heterocycles. The minimum atomic E-state index is -0.352. The van der Waals surface area contributed by atoms with Gasteiger partial charge in [0.25, 0.3) is 0 Å². The number of nitrogens with zero attached hydrogens (tertiary/aromatic N) is 1. The number of nitrogens with one attached hydrogen (secondary N) is 1. The number of aromatic nitrogens is 2. The molecule has 0 aliphatic carbocycles. The van der Waals surface area contributed by atoms with Gasteiger partial charge >= 0.3 is 0 Å². The van der Waals surface area contributed by atoms with Crippen molar-refractivity contribution in [1.29, 1.82) is 0 Å². The van der Waals surface area contributed by atoms with Gasteiger partial charge in [-0.2, -0.15) is 0 Å². The van der Waals surface area contributed by atoms with Crippen LogP contribution in [0.1, 0.15) is 51.8 Å². The van der Waals surface area contributed by atoms with Crippen LogP contribution in [0.4, 0.5) is 0 Å². The summed E-state index contributed by atoms with van der Waals surface area (Å²) in [5, 5.41) is 0. The van der Waals surface area contributed by atoms with E-state index in [2.05, 4.69) is 18.1 Å². The maximum atomic E-state index is 6.07. The highest BCUT2D eigenvalue weighted by molar-refractivity contribution is 5.77. The number of imidazole rings is 1. The van der Waals surface area contributed by atoms with E-state index in [4.69, 9.17) is 14.1 Å². The number of furan rings is 1. The minimum Gasteiger partial charge on any atom is -0.488 e. The van der Waals surface area contributed by atoms with Crippen molar-refractivity contribution >= 4 is 11.1 Å². The highest BCUT2D eigenvalue weighted by Gasteiger charge is 2.20. The zero-order valence-electron chi connectivity index (χ0n) is 17.7.